The Morgan fingerprint density at radius 2 is 1.13 bits per heavy atom. The Bertz CT molecular complexity index is 2460. The average Bonchev–Trinajstić information content (AvgIpc) is 3.98. The quantitative estimate of drug-likeness (QED) is 0.181. The van der Waals surface area contributed by atoms with E-state index in [9.17, 15) is 0 Å². The van der Waals surface area contributed by atoms with Crippen molar-refractivity contribution in [3.8, 4) is 33.8 Å². The fourth-order valence-corrected chi connectivity index (χ4v) is 6.62. The number of imidazole rings is 3. The Balaban J connectivity index is 0.000000156. The van der Waals surface area contributed by atoms with Gasteiger partial charge >= 0.3 is 42.1 Å². The molecule has 0 fully saturated rings. The number of para-hydroxylation sites is 4. The van der Waals surface area contributed by atoms with Crippen molar-refractivity contribution in [2.75, 3.05) is 0 Å². The molecule has 10 nitrogen and oxygen atoms in total. The molecule has 0 aliphatic carbocycles. The van der Waals surface area contributed by atoms with Crippen LogP contribution in [0.3, 0.4) is 0 Å². The predicted molar refractivity (Wildman–Crippen MR) is 190 cm³/mol. The van der Waals surface area contributed by atoms with Crippen LogP contribution in [0.4, 0.5) is 0 Å². The molecule has 10 aromatic rings. The smallest absolute Gasteiger partial charge is 0.672 e. The Hall–Kier alpha value is -5.30. The molecule has 10 rings (SSSR count). The minimum atomic E-state index is 0. The Labute approximate surface area is 328 Å². The van der Waals surface area contributed by atoms with Crippen LogP contribution in [0.15, 0.2) is 110 Å². The molecule has 0 aliphatic rings. The summed E-state index contributed by atoms with van der Waals surface area (Å²) in [6.45, 7) is 0. The van der Waals surface area contributed by atoms with Crippen LogP contribution in [0, 0.1) is 25.2 Å². The van der Waals surface area contributed by atoms with Crippen molar-refractivity contribution in [3.05, 3.63) is 135 Å². The normalized spacial score (nSPS) is 11.2. The van der Waals surface area contributed by atoms with Gasteiger partial charge in [-0.15, -0.1) is 39.9 Å². The van der Waals surface area contributed by atoms with Crippen molar-refractivity contribution in [1.82, 2.24) is 38.4 Å². The molecule has 4 aromatic carbocycles. The minimum absolute atomic E-state index is 0. The predicted octanol–water partition coefficient (Wildman–Crippen LogP) is 5.13. The molecule has 0 unspecified atom stereocenters. The van der Waals surface area contributed by atoms with Crippen LogP contribution >= 0.6 is 0 Å². The van der Waals surface area contributed by atoms with Gasteiger partial charge in [0.25, 0.3) is 0 Å². The van der Waals surface area contributed by atoms with Crippen molar-refractivity contribution in [2.45, 2.75) is 0 Å². The van der Waals surface area contributed by atoms with Crippen LogP contribution in [-0.2, 0) is 70.3 Å². The molecule has 0 amide bonds. The third-order valence-electron chi connectivity index (χ3n) is 8.91. The van der Waals surface area contributed by atoms with Crippen molar-refractivity contribution in [3.63, 3.8) is 0 Å². The molecular weight excluding hydrogens is 1010 g/mol. The summed E-state index contributed by atoms with van der Waals surface area (Å²) in [5.41, 5.74) is 9.85. The number of benzene rings is 4. The van der Waals surface area contributed by atoms with Crippen LogP contribution in [0.2, 0.25) is 0 Å². The molecule has 0 radical (unpaired) electrons. The van der Waals surface area contributed by atoms with Crippen molar-refractivity contribution < 1.29 is 51.3 Å². The monoisotopic (exact) mass is 1040 g/mol. The maximum Gasteiger partial charge on any atom is 4.00 e. The van der Waals surface area contributed by atoms with E-state index in [0.29, 0.717) is 0 Å². The standard InChI is InChI=1S/2C20H15N5.2Pt/c1-23-9-10-25(13-23)18-8-4-6-15-14-5-3-7-16(19(14)22-20(15)18)17-11-24(2)12-21-17;1-23-9-10-25(13-23)18-8-4-7-17-16-6-3-5-15(19(16)22-20(17)18)14-11-21-24(2)12-14;;/h3-11H,1-2H3;3-10,12H,1-2H3;;/q2*-2;+2;+4. The number of aromatic nitrogens is 10. The van der Waals surface area contributed by atoms with Crippen molar-refractivity contribution >= 4 is 43.6 Å². The van der Waals surface area contributed by atoms with E-state index in [4.69, 9.17) is 9.97 Å². The maximum absolute atomic E-state index is 4.98. The van der Waals surface area contributed by atoms with E-state index in [-0.39, 0.29) is 42.1 Å². The van der Waals surface area contributed by atoms with Gasteiger partial charge in [-0.1, -0.05) is 84.2 Å². The molecule has 0 saturated carbocycles. The van der Waals surface area contributed by atoms with Crippen LogP contribution in [0.5, 0.6) is 0 Å². The molecule has 0 atom stereocenters. The van der Waals surface area contributed by atoms with E-state index < -0.39 is 0 Å². The molecule has 12 heteroatoms. The maximum atomic E-state index is 4.98. The second kappa shape index (κ2) is 14.0. The average molecular weight is 1040 g/mol. The summed E-state index contributed by atoms with van der Waals surface area (Å²) in [6, 6.07) is 25.0. The number of nitrogens with zero attached hydrogens (tertiary/aromatic N) is 10. The van der Waals surface area contributed by atoms with Gasteiger partial charge in [0.05, 0.1) is 14.1 Å². The Kier molecular flexibility index (Phi) is 9.47. The number of hydrogen-bond acceptors (Lipinski definition) is 2. The first-order valence-corrected chi connectivity index (χ1v) is 16.1. The summed E-state index contributed by atoms with van der Waals surface area (Å²) in [5, 5.41) is 8.73. The van der Waals surface area contributed by atoms with Gasteiger partial charge in [0.2, 0.25) is 12.7 Å². The molecule has 52 heavy (non-hydrogen) atoms. The molecule has 0 bridgehead atoms. The first-order valence-electron chi connectivity index (χ1n) is 16.1. The van der Waals surface area contributed by atoms with Crippen molar-refractivity contribution in [1.29, 1.82) is 0 Å². The molecule has 0 spiro atoms. The summed E-state index contributed by atoms with van der Waals surface area (Å²) in [7, 11) is 7.74. The van der Waals surface area contributed by atoms with Gasteiger partial charge in [-0.3, -0.25) is 5.10 Å². The molecule has 258 valence electrons. The summed E-state index contributed by atoms with van der Waals surface area (Å²) >= 11 is 0. The summed E-state index contributed by atoms with van der Waals surface area (Å²) in [6.07, 6.45) is 24.4. The SMILES string of the molecule is Cn1[c-]nc(-c2cccc3c2[n-]c2c(-n4[c-][n+](C)cc4)cccc23)c1.Cn1cc(-c2cccc3c2[n-]c2c(-n4[c-][n+](C)cc4)cccc23)[c-]n1.[Pt+2].[Pt+4]. The van der Waals surface area contributed by atoms with Gasteiger partial charge in [0.15, 0.2) is 0 Å². The van der Waals surface area contributed by atoms with Gasteiger partial charge in [0.1, 0.15) is 0 Å². The van der Waals surface area contributed by atoms with Crippen molar-refractivity contribution in [2.24, 2.45) is 28.2 Å². The fourth-order valence-electron chi connectivity index (χ4n) is 6.62. The van der Waals surface area contributed by atoms with E-state index in [1.807, 2.05) is 88.2 Å². The second-order valence-electron chi connectivity index (χ2n) is 12.4. The Morgan fingerprint density at radius 1 is 0.635 bits per heavy atom. The molecule has 0 N–H and O–H groups in total. The molecular formula is C40H30N10Pt2+2. The van der Waals surface area contributed by atoms with E-state index in [1.54, 1.807) is 4.68 Å². The summed E-state index contributed by atoms with van der Waals surface area (Å²) < 4.78 is 11.3. The summed E-state index contributed by atoms with van der Waals surface area (Å²) in [5.74, 6) is 0. The first-order chi connectivity index (χ1) is 24.4. The van der Waals surface area contributed by atoms with Crippen LogP contribution < -0.4 is 19.1 Å². The zero-order chi connectivity index (χ0) is 33.9. The molecule has 0 aliphatic heterocycles. The van der Waals surface area contributed by atoms with Gasteiger partial charge < -0.3 is 42.5 Å². The largest absolute Gasteiger partial charge is 4.00 e. The third-order valence-corrected chi connectivity index (χ3v) is 8.91. The molecule has 0 saturated heterocycles. The third kappa shape index (κ3) is 6.06. The van der Waals surface area contributed by atoms with Crippen LogP contribution in [0.1, 0.15) is 0 Å². The van der Waals surface area contributed by atoms with Crippen LogP contribution in [-0.4, -0.2) is 28.5 Å². The summed E-state index contributed by atoms with van der Waals surface area (Å²) in [4.78, 5) is 14.3. The van der Waals surface area contributed by atoms with Gasteiger partial charge in [-0.05, 0) is 34.8 Å². The van der Waals surface area contributed by atoms with Crippen LogP contribution in [0.25, 0.3) is 77.4 Å². The number of rotatable bonds is 4. The van der Waals surface area contributed by atoms with E-state index in [1.165, 1.54) is 0 Å². The van der Waals surface area contributed by atoms with Gasteiger partial charge in [-0.2, -0.15) is 5.52 Å². The zero-order valence-corrected chi connectivity index (χ0v) is 33.0. The van der Waals surface area contributed by atoms with E-state index in [0.717, 1.165) is 77.4 Å². The number of fused-ring (bicyclic) bond motifs is 6. The second-order valence-corrected chi connectivity index (χ2v) is 12.4. The molecule has 6 aromatic heterocycles. The Morgan fingerprint density at radius 3 is 1.60 bits per heavy atom. The van der Waals surface area contributed by atoms with E-state index >= 15 is 0 Å². The van der Waals surface area contributed by atoms with Gasteiger partial charge in [-0.25, -0.2) is 0 Å². The fraction of sp³-hybridized carbons (Fsp3) is 0.100. The van der Waals surface area contributed by atoms with E-state index in [2.05, 4.69) is 108 Å². The number of hydrogen-bond donors (Lipinski definition) is 0. The molecule has 6 heterocycles. The van der Waals surface area contributed by atoms with Gasteiger partial charge in [0, 0.05) is 49.5 Å². The topological polar surface area (TPSA) is 81.5 Å². The zero-order valence-electron chi connectivity index (χ0n) is 28.5. The first kappa shape index (κ1) is 35.1. The minimum Gasteiger partial charge on any atom is -0.672 e. The number of aryl methyl sites for hydroxylation is 4.